The molecule has 1 rings (SSSR count). The van der Waals surface area contributed by atoms with E-state index in [1.165, 1.54) is 12.3 Å². The number of hydrogen-bond acceptors (Lipinski definition) is 4. The van der Waals surface area contributed by atoms with Crippen LogP contribution in [0.4, 0.5) is 5.69 Å². The van der Waals surface area contributed by atoms with Crippen molar-refractivity contribution in [2.75, 3.05) is 12.3 Å². The van der Waals surface area contributed by atoms with Gasteiger partial charge in [-0.2, -0.15) is 0 Å². The molecular formula is C11H16N4O2. The highest BCUT2D eigenvalue weighted by atomic mass is 16.2. The summed E-state index contributed by atoms with van der Waals surface area (Å²) < 4.78 is 0. The predicted molar refractivity (Wildman–Crippen MR) is 64.0 cm³/mol. The van der Waals surface area contributed by atoms with Gasteiger partial charge in [-0.05, 0) is 25.0 Å². The summed E-state index contributed by atoms with van der Waals surface area (Å²) in [6.45, 7) is 0.489. The minimum Gasteiger partial charge on any atom is -0.399 e. The predicted octanol–water partition coefficient (Wildman–Crippen LogP) is 0.0492. The number of carbonyl (C=O) groups excluding carboxylic acids is 2. The monoisotopic (exact) mass is 236 g/mol. The normalized spacial score (nSPS) is 9.88. The topological polar surface area (TPSA) is 111 Å². The van der Waals surface area contributed by atoms with Gasteiger partial charge in [0.2, 0.25) is 5.91 Å². The second-order valence-electron chi connectivity index (χ2n) is 3.65. The Morgan fingerprint density at radius 2 is 2.12 bits per heavy atom. The van der Waals surface area contributed by atoms with Crippen LogP contribution in [0, 0.1) is 0 Å². The number of rotatable bonds is 6. The first-order valence-corrected chi connectivity index (χ1v) is 5.37. The second kappa shape index (κ2) is 6.47. The van der Waals surface area contributed by atoms with Crippen LogP contribution in [0.3, 0.4) is 0 Å². The zero-order chi connectivity index (χ0) is 12.7. The van der Waals surface area contributed by atoms with Crippen LogP contribution in [0.5, 0.6) is 0 Å². The van der Waals surface area contributed by atoms with Crippen LogP contribution in [0.15, 0.2) is 18.3 Å². The van der Waals surface area contributed by atoms with Crippen molar-refractivity contribution in [2.24, 2.45) is 5.73 Å². The van der Waals surface area contributed by atoms with Crippen LogP contribution in [0.1, 0.15) is 29.8 Å². The van der Waals surface area contributed by atoms with Crippen molar-refractivity contribution >= 4 is 17.5 Å². The number of primary amides is 1. The minimum absolute atomic E-state index is 0.267. The molecule has 0 saturated carbocycles. The lowest BCUT2D eigenvalue weighted by molar-refractivity contribution is -0.118. The molecule has 5 N–H and O–H groups in total. The zero-order valence-corrected chi connectivity index (χ0v) is 9.48. The highest BCUT2D eigenvalue weighted by Crippen LogP contribution is 2.02. The Morgan fingerprint density at radius 3 is 2.76 bits per heavy atom. The molecular weight excluding hydrogens is 220 g/mol. The second-order valence-corrected chi connectivity index (χ2v) is 3.65. The molecule has 0 bridgehead atoms. The Kier molecular flexibility index (Phi) is 4.93. The Balaban J connectivity index is 2.28. The maximum Gasteiger partial charge on any atom is 0.269 e. The third-order valence-electron chi connectivity index (χ3n) is 2.15. The summed E-state index contributed by atoms with van der Waals surface area (Å²) >= 11 is 0. The number of nitrogens with one attached hydrogen (secondary N) is 1. The number of pyridine rings is 1. The van der Waals surface area contributed by atoms with Gasteiger partial charge in [0.1, 0.15) is 5.69 Å². The largest absolute Gasteiger partial charge is 0.399 e. The first kappa shape index (κ1) is 13.0. The number of aromatic nitrogens is 1. The maximum atomic E-state index is 11.6. The van der Waals surface area contributed by atoms with Gasteiger partial charge in [-0.1, -0.05) is 0 Å². The summed E-state index contributed by atoms with van der Waals surface area (Å²) in [6, 6.07) is 3.13. The van der Waals surface area contributed by atoms with Crippen molar-refractivity contribution in [3.05, 3.63) is 24.0 Å². The molecule has 6 heteroatoms. The fourth-order valence-electron chi connectivity index (χ4n) is 1.29. The van der Waals surface area contributed by atoms with Gasteiger partial charge >= 0.3 is 0 Å². The first-order valence-electron chi connectivity index (χ1n) is 5.37. The molecule has 0 aromatic carbocycles. The number of carbonyl (C=O) groups is 2. The van der Waals surface area contributed by atoms with E-state index in [0.29, 0.717) is 37.2 Å². The summed E-state index contributed by atoms with van der Waals surface area (Å²) in [4.78, 5) is 25.9. The van der Waals surface area contributed by atoms with E-state index < -0.39 is 0 Å². The molecule has 92 valence electrons. The zero-order valence-electron chi connectivity index (χ0n) is 9.48. The molecule has 0 aliphatic rings. The molecule has 1 aromatic rings. The van der Waals surface area contributed by atoms with Crippen molar-refractivity contribution in [2.45, 2.75) is 19.3 Å². The lowest BCUT2D eigenvalue weighted by atomic mass is 10.2. The minimum atomic E-state index is -0.325. The number of unbranched alkanes of at least 4 members (excludes halogenated alkanes) is 1. The highest BCUT2D eigenvalue weighted by Gasteiger charge is 2.06. The molecule has 0 spiro atoms. The van der Waals surface area contributed by atoms with Crippen LogP contribution < -0.4 is 16.8 Å². The molecule has 1 heterocycles. The Hall–Kier alpha value is -2.11. The van der Waals surface area contributed by atoms with E-state index in [1.807, 2.05) is 0 Å². The molecule has 6 nitrogen and oxygen atoms in total. The lowest BCUT2D eigenvalue weighted by Crippen LogP contribution is -2.25. The average molecular weight is 236 g/mol. The van der Waals surface area contributed by atoms with E-state index in [-0.39, 0.29) is 11.8 Å². The van der Waals surface area contributed by atoms with Crippen molar-refractivity contribution < 1.29 is 9.59 Å². The Labute approximate surface area is 99.4 Å². The molecule has 2 amide bonds. The van der Waals surface area contributed by atoms with E-state index in [4.69, 9.17) is 11.5 Å². The highest BCUT2D eigenvalue weighted by molar-refractivity contribution is 5.92. The van der Waals surface area contributed by atoms with Crippen molar-refractivity contribution in [1.82, 2.24) is 10.3 Å². The van der Waals surface area contributed by atoms with Crippen molar-refractivity contribution in [1.29, 1.82) is 0 Å². The molecule has 0 unspecified atom stereocenters. The van der Waals surface area contributed by atoms with Crippen LogP contribution in [0.2, 0.25) is 0 Å². The number of anilines is 1. The summed E-state index contributed by atoms with van der Waals surface area (Å²) in [5.41, 5.74) is 11.3. The molecule has 17 heavy (non-hydrogen) atoms. The van der Waals surface area contributed by atoms with E-state index >= 15 is 0 Å². The molecule has 0 radical (unpaired) electrons. The van der Waals surface area contributed by atoms with Gasteiger partial charge in [0.25, 0.3) is 5.91 Å². The van der Waals surface area contributed by atoms with E-state index in [1.54, 1.807) is 6.07 Å². The van der Waals surface area contributed by atoms with Gasteiger partial charge in [0.05, 0.1) is 0 Å². The fourth-order valence-corrected chi connectivity index (χ4v) is 1.29. The first-order chi connectivity index (χ1) is 8.09. The van der Waals surface area contributed by atoms with Crippen LogP contribution in [-0.4, -0.2) is 23.3 Å². The summed E-state index contributed by atoms with van der Waals surface area (Å²) in [5.74, 6) is -0.592. The van der Waals surface area contributed by atoms with Crippen molar-refractivity contribution in [3.8, 4) is 0 Å². The SMILES string of the molecule is NC(=O)CCCCNC(=O)c1cc(N)ccn1. The van der Waals surface area contributed by atoms with E-state index in [0.717, 1.165) is 0 Å². The third-order valence-corrected chi connectivity index (χ3v) is 2.15. The fraction of sp³-hybridized carbons (Fsp3) is 0.364. The summed E-state index contributed by atoms with van der Waals surface area (Å²) in [5, 5.41) is 2.69. The smallest absolute Gasteiger partial charge is 0.269 e. The third kappa shape index (κ3) is 4.96. The number of nitrogen functional groups attached to an aromatic ring is 1. The summed E-state index contributed by atoms with van der Waals surface area (Å²) in [7, 11) is 0. The quantitative estimate of drug-likeness (QED) is 0.606. The molecule has 1 aromatic heterocycles. The summed E-state index contributed by atoms with van der Waals surface area (Å²) in [6.07, 6.45) is 3.20. The number of nitrogens with zero attached hydrogens (tertiary/aromatic N) is 1. The standard InChI is InChI=1S/C11H16N4O2/c12-8-4-6-14-9(7-8)11(17)15-5-2-1-3-10(13)16/h4,6-7H,1-3,5H2,(H2,12,14)(H2,13,16)(H,15,17). The average Bonchev–Trinajstić information content (AvgIpc) is 2.28. The van der Waals surface area contributed by atoms with Gasteiger partial charge in [0, 0.05) is 24.8 Å². The van der Waals surface area contributed by atoms with Crippen LogP contribution in [0.25, 0.3) is 0 Å². The van der Waals surface area contributed by atoms with Gasteiger partial charge in [-0.3, -0.25) is 14.6 Å². The van der Waals surface area contributed by atoms with Gasteiger partial charge in [-0.15, -0.1) is 0 Å². The molecule has 0 fully saturated rings. The number of nitrogens with two attached hydrogens (primary N) is 2. The molecule has 0 saturated heterocycles. The van der Waals surface area contributed by atoms with E-state index in [2.05, 4.69) is 10.3 Å². The van der Waals surface area contributed by atoms with Gasteiger partial charge in [0.15, 0.2) is 0 Å². The maximum absolute atomic E-state index is 11.6. The van der Waals surface area contributed by atoms with Gasteiger partial charge < -0.3 is 16.8 Å². The Bertz CT molecular complexity index is 406. The van der Waals surface area contributed by atoms with Gasteiger partial charge in [-0.25, -0.2) is 0 Å². The number of amides is 2. The lowest BCUT2D eigenvalue weighted by Gasteiger charge is -2.04. The molecule has 0 aliphatic heterocycles. The van der Waals surface area contributed by atoms with E-state index in [9.17, 15) is 9.59 Å². The van der Waals surface area contributed by atoms with Crippen LogP contribution >= 0.6 is 0 Å². The molecule has 0 atom stereocenters. The van der Waals surface area contributed by atoms with Crippen LogP contribution in [-0.2, 0) is 4.79 Å². The number of hydrogen-bond donors (Lipinski definition) is 3. The molecule has 0 aliphatic carbocycles. The van der Waals surface area contributed by atoms with Crippen molar-refractivity contribution in [3.63, 3.8) is 0 Å². The Morgan fingerprint density at radius 1 is 1.35 bits per heavy atom.